The number of hydrogen-bond acceptors (Lipinski definition) is 3. The Morgan fingerprint density at radius 1 is 1.50 bits per heavy atom. The lowest BCUT2D eigenvalue weighted by molar-refractivity contribution is 0.251. The number of phenols is 1. The van der Waals surface area contributed by atoms with Crippen LogP contribution in [0.25, 0.3) is 0 Å². The topological polar surface area (TPSA) is 52.5 Å². The SMILES string of the molecule is C[C@@H](CO)NCc1cc(O)ccc1Br. The molecule has 0 aliphatic heterocycles. The van der Waals surface area contributed by atoms with Crippen LogP contribution in [0.15, 0.2) is 22.7 Å². The predicted molar refractivity (Wildman–Crippen MR) is 59.2 cm³/mol. The maximum Gasteiger partial charge on any atom is 0.115 e. The predicted octanol–water partition coefficient (Wildman–Crippen LogP) is 1.63. The zero-order chi connectivity index (χ0) is 10.6. The second-order valence-corrected chi connectivity index (χ2v) is 4.09. The Hall–Kier alpha value is -0.580. The first-order valence-electron chi connectivity index (χ1n) is 4.45. The van der Waals surface area contributed by atoms with Crippen LogP contribution in [0, 0.1) is 0 Å². The van der Waals surface area contributed by atoms with E-state index < -0.39 is 0 Å². The first-order valence-corrected chi connectivity index (χ1v) is 5.24. The molecule has 1 aromatic carbocycles. The van der Waals surface area contributed by atoms with Crippen molar-refractivity contribution >= 4 is 15.9 Å². The summed E-state index contributed by atoms with van der Waals surface area (Å²) in [4.78, 5) is 0. The molecule has 0 aliphatic rings. The average Bonchev–Trinajstić information content (AvgIpc) is 2.19. The van der Waals surface area contributed by atoms with Crippen LogP contribution in [0.4, 0.5) is 0 Å². The highest BCUT2D eigenvalue weighted by Gasteiger charge is 2.03. The molecule has 14 heavy (non-hydrogen) atoms. The summed E-state index contributed by atoms with van der Waals surface area (Å²) in [5.41, 5.74) is 0.977. The van der Waals surface area contributed by atoms with Gasteiger partial charge in [0.25, 0.3) is 0 Å². The quantitative estimate of drug-likeness (QED) is 0.771. The number of aliphatic hydroxyl groups excluding tert-OH is 1. The van der Waals surface area contributed by atoms with Crippen LogP contribution in [0.5, 0.6) is 5.75 Å². The van der Waals surface area contributed by atoms with Crippen LogP contribution in [0.2, 0.25) is 0 Å². The molecule has 0 bridgehead atoms. The van der Waals surface area contributed by atoms with E-state index in [0.29, 0.717) is 6.54 Å². The van der Waals surface area contributed by atoms with E-state index in [1.165, 1.54) is 0 Å². The number of aromatic hydroxyl groups is 1. The first-order chi connectivity index (χ1) is 6.63. The van der Waals surface area contributed by atoms with Crippen LogP contribution in [-0.4, -0.2) is 22.9 Å². The van der Waals surface area contributed by atoms with Gasteiger partial charge in [0.15, 0.2) is 0 Å². The van der Waals surface area contributed by atoms with E-state index in [1.54, 1.807) is 18.2 Å². The van der Waals surface area contributed by atoms with Gasteiger partial charge in [-0.25, -0.2) is 0 Å². The summed E-state index contributed by atoms with van der Waals surface area (Å²) in [5.74, 6) is 0.252. The number of halogens is 1. The van der Waals surface area contributed by atoms with Crippen molar-refractivity contribution in [1.29, 1.82) is 0 Å². The minimum absolute atomic E-state index is 0.0595. The van der Waals surface area contributed by atoms with Gasteiger partial charge in [0.2, 0.25) is 0 Å². The van der Waals surface area contributed by atoms with Gasteiger partial charge in [0.1, 0.15) is 5.75 Å². The fraction of sp³-hybridized carbons (Fsp3) is 0.400. The first kappa shape index (κ1) is 11.5. The molecule has 0 aliphatic carbocycles. The molecule has 4 heteroatoms. The van der Waals surface area contributed by atoms with Crippen molar-refractivity contribution in [1.82, 2.24) is 5.32 Å². The standard InChI is InChI=1S/C10H14BrNO2/c1-7(6-13)12-5-8-4-9(14)2-3-10(8)11/h2-4,7,12-14H,5-6H2,1H3/t7-/m0/s1. The Bertz CT molecular complexity index is 304. The van der Waals surface area contributed by atoms with E-state index in [2.05, 4.69) is 21.2 Å². The zero-order valence-electron chi connectivity index (χ0n) is 8.00. The lowest BCUT2D eigenvalue weighted by atomic mass is 10.2. The molecule has 0 unspecified atom stereocenters. The van der Waals surface area contributed by atoms with Gasteiger partial charge in [-0.3, -0.25) is 0 Å². The van der Waals surface area contributed by atoms with Crippen LogP contribution in [-0.2, 0) is 6.54 Å². The number of hydrogen-bond donors (Lipinski definition) is 3. The summed E-state index contributed by atoms with van der Waals surface area (Å²) in [5, 5.41) is 21.2. The molecular weight excluding hydrogens is 246 g/mol. The molecule has 0 radical (unpaired) electrons. The van der Waals surface area contributed by atoms with Gasteiger partial charge in [0.05, 0.1) is 6.61 Å². The van der Waals surface area contributed by atoms with Crippen LogP contribution < -0.4 is 5.32 Å². The molecule has 1 rings (SSSR count). The van der Waals surface area contributed by atoms with Gasteiger partial charge in [-0.1, -0.05) is 15.9 Å². The lowest BCUT2D eigenvalue weighted by Gasteiger charge is -2.11. The van der Waals surface area contributed by atoms with Gasteiger partial charge in [-0.15, -0.1) is 0 Å². The van der Waals surface area contributed by atoms with Crippen molar-refractivity contribution in [2.45, 2.75) is 19.5 Å². The molecule has 0 saturated heterocycles. The number of phenolic OH excluding ortho intramolecular Hbond substituents is 1. The molecule has 3 nitrogen and oxygen atoms in total. The van der Waals surface area contributed by atoms with Gasteiger partial charge in [0, 0.05) is 17.1 Å². The van der Waals surface area contributed by atoms with Crippen molar-refractivity contribution in [3.63, 3.8) is 0 Å². The monoisotopic (exact) mass is 259 g/mol. The third-order valence-electron chi connectivity index (χ3n) is 1.94. The highest BCUT2D eigenvalue weighted by atomic mass is 79.9. The maximum absolute atomic E-state index is 9.26. The average molecular weight is 260 g/mol. The molecule has 0 heterocycles. The normalized spacial score (nSPS) is 12.8. The summed E-state index contributed by atoms with van der Waals surface area (Å²) in [6, 6.07) is 5.18. The number of benzene rings is 1. The molecule has 0 saturated carbocycles. The molecule has 0 aromatic heterocycles. The molecule has 0 spiro atoms. The Balaban J connectivity index is 2.62. The second-order valence-electron chi connectivity index (χ2n) is 3.24. The van der Waals surface area contributed by atoms with Gasteiger partial charge < -0.3 is 15.5 Å². The Kier molecular flexibility index (Phi) is 4.38. The van der Waals surface area contributed by atoms with E-state index >= 15 is 0 Å². The molecule has 0 amide bonds. The van der Waals surface area contributed by atoms with Crippen molar-refractivity contribution in [2.24, 2.45) is 0 Å². The van der Waals surface area contributed by atoms with Gasteiger partial charge in [-0.2, -0.15) is 0 Å². The Labute approximate surface area is 91.9 Å². The van der Waals surface area contributed by atoms with E-state index in [1.807, 2.05) is 6.92 Å². The number of aliphatic hydroxyl groups is 1. The smallest absolute Gasteiger partial charge is 0.115 e. The summed E-state index contributed by atoms with van der Waals surface area (Å²) in [6.07, 6.45) is 0. The summed E-state index contributed by atoms with van der Waals surface area (Å²) in [7, 11) is 0. The molecule has 3 N–H and O–H groups in total. The van der Waals surface area contributed by atoms with Crippen molar-refractivity contribution < 1.29 is 10.2 Å². The third-order valence-corrected chi connectivity index (χ3v) is 2.72. The lowest BCUT2D eigenvalue weighted by Crippen LogP contribution is -2.28. The highest BCUT2D eigenvalue weighted by molar-refractivity contribution is 9.10. The molecule has 78 valence electrons. The van der Waals surface area contributed by atoms with Crippen molar-refractivity contribution in [2.75, 3.05) is 6.61 Å². The van der Waals surface area contributed by atoms with Gasteiger partial charge >= 0.3 is 0 Å². The largest absolute Gasteiger partial charge is 0.508 e. The molecule has 1 atom stereocenters. The molecule has 0 fully saturated rings. The van der Waals surface area contributed by atoms with E-state index in [4.69, 9.17) is 5.11 Å². The Morgan fingerprint density at radius 3 is 2.86 bits per heavy atom. The fourth-order valence-corrected chi connectivity index (χ4v) is 1.43. The van der Waals surface area contributed by atoms with Crippen LogP contribution in [0.3, 0.4) is 0 Å². The molecular formula is C10H14BrNO2. The molecule has 1 aromatic rings. The Morgan fingerprint density at radius 2 is 2.21 bits per heavy atom. The zero-order valence-corrected chi connectivity index (χ0v) is 9.58. The van der Waals surface area contributed by atoms with Crippen molar-refractivity contribution in [3.8, 4) is 5.75 Å². The number of rotatable bonds is 4. The second kappa shape index (κ2) is 5.34. The van der Waals surface area contributed by atoms with E-state index in [0.717, 1.165) is 10.0 Å². The number of nitrogens with one attached hydrogen (secondary N) is 1. The van der Waals surface area contributed by atoms with Crippen LogP contribution in [0.1, 0.15) is 12.5 Å². The van der Waals surface area contributed by atoms with E-state index in [-0.39, 0.29) is 18.4 Å². The minimum atomic E-state index is 0.0595. The summed E-state index contributed by atoms with van der Waals surface area (Å²) in [6.45, 7) is 2.63. The fourth-order valence-electron chi connectivity index (χ4n) is 1.05. The minimum Gasteiger partial charge on any atom is -0.508 e. The van der Waals surface area contributed by atoms with Gasteiger partial charge in [-0.05, 0) is 30.7 Å². The van der Waals surface area contributed by atoms with Crippen molar-refractivity contribution in [3.05, 3.63) is 28.2 Å². The highest BCUT2D eigenvalue weighted by Crippen LogP contribution is 2.21. The summed E-state index contributed by atoms with van der Waals surface area (Å²) < 4.78 is 0.952. The van der Waals surface area contributed by atoms with Crippen LogP contribution >= 0.6 is 15.9 Å². The third kappa shape index (κ3) is 3.29. The maximum atomic E-state index is 9.26. The summed E-state index contributed by atoms with van der Waals surface area (Å²) >= 11 is 3.39. The van der Waals surface area contributed by atoms with E-state index in [9.17, 15) is 5.11 Å².